The fourth-order valence-electron chi connectivity index (χ4n) is 1.68. The van der Waals surface area contributed by atoms with Crippen molar-refractivity contribution in [1.82, 2.24) is 14.9 Å². The van der Waals surface area contributed by atoms with Crippen molar-refractivity contribution in [3.63, 3.8) is 0 Å². The van der Waals surface area contributed by atoms with Crippen molar-refractivity contribution in [3.05, 3.63) is 54.1 Å². The number of amides is 1. The van der Waals surface area contributed by atoms with Crippen LogP contribution >= 0.6 is 0 Å². The molecule has 1 amide bonds. The molecule has 1 aromatic heterocycles. The van der Waals surface area contributed by atoms with Gasteiger partial charge in [0.05, 0.1) is 12.1 Å². The number of rotatable bonds is 4. The molecule has 0 spiro atoms. The molecule has 0 atom stereocenters. The van der Waals surface area contributed by atoms with Crippen LogP contribution in [0.1, 0.15) is 11.4 Å². The van der Waals surface area contributed by atoms with Gasteiger partial charge in [-0.3, -0.25) is 4.84 Å². The first-order valence-corrected chi connectivity index (χ1v) is 6.18. The lowest BCUT2D eigenvalue weighted by Gasteiger charge is -2.06. The van der Waals surface area contributed by atoms with Crippen LogP contribution in [-0.4, -0.2) is 28.4 Å². The molecule has 1 aromatic carbocycles. The smallest absolute Gasteiger partial charge is 0.338 e. The zero-order valence-corrected chi connectivity index (χ0v) is 11.4. The highest BCUT2D eigenvalue weighted by Crippen LogP contribution is 2.07. The monoisotopic (exact) mass is 272 g/mol. The quantitative estimate of drug-likeness (QED) is 0.523. The maximum Gasteiger partial charge on any atom is 0.433 e. The molecule has 1 N–H and O–H groups in total. The summed E-state index contributed by atoms with van der Waals surface area (Å²) in [6.45, 7) is 0. The van der Waals surface area contributed by atoms with Gasteiger partial charge in [0, 0.05) is 26.5 Å². The molecular weight excluding hydrogens is 256 g/mol. The van der Waals surface area contributed by atoms with Crippen molar-refractivity contribution < 1.29 is 9.63 Å². The van der Waals surface area contributed by atoms with Crippen molar-refractivity contribution in [1.29, 1.82) is 0 Å². The zero-order chi connectivity index (χ0) is 14.4. The van der Waals surface area contributed by atoms with E-state index in [-0.39, 0.29) is 0 Å². The average molecular weight is 272 g/mol. The van der Waals surface area contributed by atoms with E-state index in [1.807, 2.05) is 48.1 Å². The number of hydrogen-bond acceptors (Lipinski definition) is 4. The molecule has 0 saturated heterocycles. The van der Waals surface area contributed by atoms with E-state index in [4.69, 9.17) is 4.84 Å². The fraction of sp³-hybridized carbons (Fsp3) is 0.214. The number of hydrogen-bond donors (Lipinski definition) is 1. The topological polar surface area (TPSA) is 68.5 Å². The molecule has 6 heteroatoms. The Morgan fingerprint density at radius 3 is 2.75 bits per heavy atom. The van der Waals surface area contributed by atoms with E-state index in [0.29, 0.717) is 12.1 Å². The largest absolute Gasteiger partial charge is 0.433 e. The first kappa shape index (κ1) is 13.8. The summed E-state index contributed by atoms with van der Waals surface area (Å²) in [7, 11) is 3.39. The van der Waals surface area contributed by atoms with E-state index in [0.717, 1.165) is 11.4 Å². The molecule has 0 radical (unpaired) electrons. The molecule has 0 bridgehead atoms. The van der Waals surface area contributed by atoms with Crippen molar-refractivity contribution in [3.8, 4) is 0 Å². The second kappa shape index (κ2) is 6.51. The first-order valence-electron chi connectivity index (χ1n) is 6.18. The number of carbonyl (C=O) groups is 1. The summed E-state index contributed by atoms with van der Waals surface area (Å²) >= 11 is 0. The summed E-state index contributed by atoms with van der Waals surface area (Å²) in [4.78, 5) is 20.2. The van der Waals surface area contributed by atoms with Crippen molar-refractivity contribution in [2.45, 2.75) is 6.42 Å². The van der Waals surface area contributed by atoms with Gasteiger partial charge in [0.1, 0.15) is 5.82 Å². The number of nitrogens with one attached hydrogen (secondary N) is 1. The van der Waals surface area contributed by atoms with Gasteiger partial charge < -0.3 is 9.88 Å². The highest BCUT2D eigenvalue weighted by atomic mass is 16.7. The normalized spacial score (nSPS) is 11.2. The number of aryl methyl sites for hydroxylation is 1. The summed E-state index contributed by atoms with van der Waals surface area (Å²) < 4.78 is 1.90. The lowest BCUT2D eigenvalue weighted by molar-refractivity contribution is 0.153. The Bertz CT molecular complexity index is 605. The molecule has 0 unspecified atom stereocenters. The molecular formula is C14H16N4O2. The molecule has 0 aliphatic carbocycles. The van der Waals surface area contributed by atoms with Crippen LogP contribution in [0.25, 0.3) is 0 Å². The molecule has 104 valence electrons. The minimum absolute atomic E-state index is 0.477. The summed E-state index contributed by atoms with van der Waals surface area (Å²) in [6, 6.07) is 9.55. The van der Waals surface area contributed by atoms with Crippen LogP contribution < -0.4 is 5.32 Å². The number of oxime groups is 1. The summed E-state index contributed by atoms with van der Waals surface area (Å²) in [5.74, 6) is 0.841. The van der Waals surface area contributed by atoms with Crippen molar-refractivity contribution in [2.24, 2.45) is 12.2 Å². The number of imidazole rings is 1. The first-order chi connectivity index (χ1) is 9.70. The molecule has 20 heavy (non-hydrogen) atoms. The number of aromatic nitrogens is 2. The number of nitrogens with zero attached hydrogens (tertiary/aromatic N) is 3. The SMILES string of the molecule is CNC(=O)ON=C(Cc1nccn1C)c1ccccc1. The Morgan fingerprint density at radius 1 is 1.40 bits per heavy atom. The molecule has 2 aromatic rings. The van der Waals surface area contributed by atoms with E-state index in [1.165, 1.54) is 7.05 Å². The van der Waals surface area contributed by atoms with Gasteiger partial charge in [-0.1, -0.05) is 35.5 Å². The van der Waals surface area contributed by atoms with Crippen LogP contribution in [0.15, 0.2) is 47.9 Å². The predicted octanol–water partition coefficient (Wildman–Crippen LogP) is 1.72. The molecule has 0 saturated carbocycles. The van der Waals surface area contributed by atoms with Crippen LogP contribution in [0.3, 0.4) is 0 Å². The zero-order valence-electron chi connectivity index (χ0n) is 11.4. The lowest BCUT2D eigenvalue weighted by atomic mass is 10.1. The third kappa shape index (κ3) is 3.44. The molecule has 1 heterocycles. The molecule has 0 fully saturated rings. The number of carbonyl (C=O) groups excluding carboxylic acids is 1. The second-order valence-corrected chi connectivity index (χ2v) is 4.16. The van der Waals surface area contributed by atoms with Crippen LogP contribution in [0, 0.1) is 0 Å². The standard InChI is InChI=1S/C14H16N4O2/c1-15-14(19)20-17-12(11-6-4-3-5-7-11)10-13-16-8-9-18(13)2/h3-9H,10H2,1-2H3,(H,15,19). The van der Waals surface area contributed by atoms with E-state index in [2.05, 4.69) is 15.5 Å². The highest BCUT2D eigenvalue weighted by Gasteiger charge is 2.10. The Morgan fingerprint density at radius 2 is 2.15 bits per heavy atom. The van der Waals surface area contributed by atoms with Gasteiger partial charge in [-0.25, -0.2) is 9.78 Å². The van der Waals surface area contributed by atoms with Gasteiger partial charge in [0.2, 0.25) is 0 Å². The van der Waals surface area contributed by atoms with E-state index in [1.54, 1.807) is 6.20 Å². The van der Waals surface area contributed by atoms with E-state index < -0.39 is 6.09 Å². The fourth-order valence-corrected chi connectivity index (χ4v) is 1.68. The Labute approximate surface area is 117 Å². The van der Waals surface area contributed by atoms with Crippen LogP contribution in [0.2, 0.25) is 0 Å². The average Bonchev–Trinajstić information content (AvgIpc) is 2.89. The third-order valence-corrected chi connectivity index (χ3v) is 2.80. The van der Waals surface area contributed by atoms with Crippen molar-refractivity contribution in [2.75, 3.05) is 7.05 Å². The minimum Gasteiger partial charge on any atom is -0.338 e. The predicted molar refractivity (Wildman–Crippen MR) is 75.4 cm³/mol. The van der Waals surface area contributed by atoms with Gasteiger partial charge in [0.15, 0.2) is 0 Å². The van der Waals surface area contributed by atoms with Gasteiger partial charge in [-0.2, -0.15) is 0 Å². The van der Waals surface area contributed by atoms with E-state index >= 15 is 0 Å². The summed E-state index contributed by atoms with van der Waals surface area (Å²) in [5, 5.41) is 6.28. The second-order valence-electron chi connectivity index (χ2n) is 4.16. The Hall–Kier alpha value is -2.63. The summed E-state index contributed by atoms with van der Waals surface area (Å²) in [6.07, 6.45) is 3.46. The van der Waals surface area contributed by atoms with Gasteiger partial charge in [0.25, 0.3) is 0 Å². The van der Waals surface area contributed by atoms with Crippen LogP contribution in [-0.2, 0) is 18.3 Å². The number of benzene rings is 1. The maximum absolute atomic E-state index is 11.2. The van der Waals surface area contributed by atoms with Gasteiger partial charge in [-0.05, 0) is 5.56 Å². The third-order valence-electron chi connectivity index (χ3n) is 2.80. The van der Waals surface area contributed by atoms with Crippen LogP contribution in [0.5, 0.6) is 0 Å². The summed E-state index contributed by atoms with van der Waals surface area (Å²) in [5.41, 5.74) is 1.53. The maximum atomic E-state index is 11.2. The molecule has 0 aliphatic rings. The minimum atomic E-state index is -0.599. The van der Waals surface area contributed by atoms with Crippen molar-refractivity contribution >= 4 is 11.8 Å². The highest BCUT2D eigenvalue weighted by molar-refractivity contribution is 6.01. The Kier molecular flexibility index (Phi) is 4.49. The lowest BCUT2D eigenvalue weighted by Crippen LogP contribution is -2.18. The van der Waals surface area contributed by atoms with Gasteiger partial charge in [-0.15, -0.1) is 0 Å². The van der Waals surface area contributed by atoms with Crippen LogP contribution in [0.4, 0.5) is 4.79 Å². The van der Waals surface area contributed by atoms with E-state index in [9.17, 15) is 4.79 Å². The molecule has 0 aliphatic heterocycles. The molecule has 6 nitrogen and oxygen atoms in total. The van der Waals surface area contributed by atoms with Gasteiger partial charge >= 0.3 is 6.09 Å². The Balaban J connectivity index is 2.25. The molecule has 2 rings (SSSR count).